The Bertz CT molecular complexity index is 869. The van der Waals surface area contributed by atoms with Gasteiger partial charge in [-0.15, -0.1) is 6.58 Å². The summed E-state index contributed by atoms with van der Waals surface area (Å²) in [5.74, 6) is 0. The molecular weight excluding hydrogens is 326 g/mol. The van der Waals surface area contributed by atoms with Gasteiger partial charge in [0.1, 0.15) is 0 Å². The Labute approximate surface area is 163 Å². The van der Waals surface area contributed by atoms with Crippen LogP contribution in [0.5, 0.6) is 0 Å². The van der Waals surface area contributed by atoms with Gasteiger partial charge in [0.2, 0.25) is 0 Å². The molecule has 0 spiro atoms. The molecule has 0 aromatic heterocycles. The van der Waals surface area contributed by atoms with E-state index >= 15 is 0 Å². The number of aliphatic imine (C=N–C) groups is 1. The normalized spacial score (nSPS) is 11.0. The van der Waals surface area contributed by atoms with Gasteiger partial charge in [0.05, 0.1) is 5.69 Å². The van der Waals surface area contributed by atoms with Gasteiger partial charge < -0.3 is 0 Å². The first-order valence-electron chi connectivity index (χ1n) is 9.72. The van der Waals surface area contributed by atoms with E-state index in [0.717, 1.165) is 30.5 Å². The van der Waals surface area contributed by atoms with Crippen molar-refractivity contribution in [3.8, 4) is 11.1 Å². The summed E-state index contributed by atoms with van der Waals surface area (Å²) in [6.07, 6.45) is 8.26. The van der Waals surface area contributed by atoms with Crippen molar-refractivity contribution >= 4 is 11.9 Å². The minimum Gasteiger partial charge on any atom is -0.256 e. The third-order valence-corrected chi connectivity index (χ3v) is 4.67. The predicted octanol–water partition coefficient (Wildman–Crippen LogP) is 7.18. The van der Waals surface area contributed by atoms with Crippen LogP contribution in [-0.2, 0) is 12.8 Å². The van der Waals surface area contributed by atoms with E-state index in [-0.39, 0.29) is 0 Å². The van der Waals surface area contributed by atoms with E-state index < -0.39 is 0 Å². The van der Waals surface area contributed by atoms with Gasteiger partial charge in [-0.3, -0.25) is 4.99 Å². The highest BCUT2D eigenvalue weighted by Gasteiger charge is 1.99. The summed E-state index contributed by atoms with van der Waals surface area (Å²) in [5, 5.41) is 0. The standard InChI is InChI=1S/C26H27N/c1-3-5-7-22-8-10-23(11-9-22)20-27-26-18-16-25(17-19-26)24-14-12-21(6-4-2)13-15-24/h3,8-20H,1,4-7H2,2H3. The molecule has 1 nitrogen and oxygen atoms in total. The van der Waals surface area contributed by atoms with Crippen molar-refractivity contribution in [3.05, 3.63) is 102 Å². The van der Waals surface area contributed by atoms with Gasteiger partial charge in [0, 0.05) is 6.21 Å². The van der Waals surface area contributed by atoms with Crippen LogP contribution in [0.1, 0.15) is 36.5 Å². The Morgan fingerprint density at radius 1 is 0.741 bits per heavy atom. The van der Waals surface area contributed by atoms with Gasteiger partial charge in [-0.25, -0.2) is 0 Å². The molecule has 3 aromatic carbocycles. The maximum absolute atomic E-state index is 4.60. The van der Waals surface area contributed by atoms with E-state index in [9.17, 15) is 0 Å². The molecule has 0 aliphatic carbocycles. The second-order valence-electron chi connectivity index (χ2n) is 6.82. The molecule has 3 aromatic rings. The van der Waals surface area contributed by atoms with E-state index in [1.165, 1.54) is 28.7 Å². The molecule has 0 unspecified atom stereocenters. The van der Waals surface area contributed by atoms with Crippen LogP contribution in [0.2, 0.25) is 0 Å². The van der Waals surface area contributed by atoms with Crippen molar-refractivity contribution in [1.29, 1.82) is 0 Å². The fourth-order valence-corrected chi connectivity index (χ4v) is 3.08. The van der Waals surface area contributed by atoms with Crippen LogP contribution in [0.15, 0.2) is 90.4 Å². The van der Waals surface area contributed by atoms with Gasteiger partial charge in [0.25, 0.3) is 0 Å². The van der Waals surface area contributed by atoms with Crippen LogP contribution >= 0.6 is 0 Å². The van der Waals surface area contributed by atoms with E-state index in [4.69, 9.17) is 0 Å². The molecule has 136 valence electrons. The van der Waals surface area contributed by atoms with E-state index in [1.54, 1.807) is 0 Å². The fraction of sp³-hybridized carbons (Fsp3) is 0.192. The first-order chi connectivity index (χ1) is 13.3. The SMILES string of the molecule is C=CCCc1ccc(C=Nc2ccc(-c3ccc(CCC)cc3)cc2)cc1. The minimum absolute atomic E-state index is 0.970. The molecule has 0 aliphatic rings. The monoisotopic (exact) mass is 353 g/mol. The topological polar surface area (TPSA) is 12.4 Å². The summed E-state index contributed by atoms with van der Waals surface area (Å²) >= 11 is 0. The number of benzene rings is 3. The van der Waals surface area contributed by atoms with Crippen LogP contribution in [-0.4, -0.2) is 6.21 Å². The lowest BCUT2D eigenvalue weighted by Crippen LogP contribution is -1.86. The van der Waals surface area contributed by atoms with Gasteiger partial charge in [0.15, 0.2) is 0 Å². The molecule has 1 heteroatoms. The van der Waals surface area contributed by atoms with Crippen molar-refractivity contribution in [1.82, 2.24) is 0 Å². The van der Waals surface area contributed by atoms with Crippen LogP contribution in [0.4, 0.5) is 5.69 Å². The van der Waals surface area contributed by atoms with E-state index in [1.807, 2.05) is 12.3 Å². The molecule has 0 atom stereocenters. The molecule has 27 heavy (non-hydrogen) atoms. The zero-order chi connectivity index (χ0) is 18.9. The lowest BCUT2D eigenvalue weighted by Gasteiger charge is -2.04. The number of aryl methyl sites for hydroxylation is 2. The van der Waals surface area contributed by atoms with Crippen LogP contribution in [0.3, 0.4) is 0 Å². The number of hydrogen-bond donors (Lipinski definition) is 0. The summed E-state index contributed by atoms with van der Waals surface area (Å²) < 4.78 is 0. The number of nitrogens with zero attached hydrogens (tertiary/aromatic N) is 1. The van der Waals surface area contributed by atoms with Crippen LogP contribution in [0, 0.1) is 0 Å². The molecule has 0 N–H and O–H groups in total. The summed E-state index contributed by atoms with van der Waals surface area (Å²) in [4.78, 5) is 4.60. The van der Waals surface area contributed by atoms with Gasteiger partial charge in [-0.05, 0) is 59.2 Å². The fourth-order valence-electron chi connectivity index (χ4n) is 3.08. The predicted molar refractivity (Wildman–Crippen MR) is 118 cm³/mol. The third-order valence-electron chi connectivity index (χ3n) is 4.67. The molecule has 0 bridgehead atoms. The Morgan fingerprint density at radius 2 is 1.30 bits per heavy atom. The molecule has 0 heterocycles. The second kappa shape index (κ2) is 9.68. The Hall–Kier alpha value is -2.93. The molecule has 0 saturated carbocycles. The van der Waals surface area contributed by atoms with Gasteiger partial charge in [-0.1, -0.05) is 80.1 Å². The van der Waals surface area contributed by atoms with Gasteiger partial charge >= 0.3 is 0 Å². The zero-order valence-electron chi connectivity index (χ0n) is 16.1. The molecule has 0 fully saturated rings. The van der Waals surface area contributed by atoms with Gasteiger partial charge in [-0.2, -0.15) is 0 Å². The first-order valence-corrected chi connectivity index (χ1v) is 9.72. The summed E-state index contributed by atoms with van der Waals surface area (Å²) in [7, 11) is 0. The highest BCUT2D eigenvalue weighted by atomic mass is 14.7. The summed E-state index contributed by atoms with van der Waals surface area (Å²) in [5.41, 5.74) is 7.30. The third kappa shape index (κ3) is 5.52. The quantitative estimate of drug-likeness (QED) is 0.300. The van der Waals surface area contributed by atoms with Crippen molar-refractivity contribution in [3.63, 3.8) is 0 Å². The summed E-state index contributed by atoms with van der Waals surface area (Å²) in [6, 6.07) is 25.9. The molecule has 0 radical (unpaired) electrons. The number of allylic oxidation sites excluding steroid dienone is 1. The lowest BCUT2D eigenvalue weighted by molar-refractivity contribution is 0.922. The average Bonchev–Trinajstić information content (AvgIpc) is 2.73. The number of rotatable bonds is 8. The molecular formula is C26H27N. The summed E-state index contributed by atoms with van der Waals surface area (Å²) in [6.45, 7) is 5.98. The molecule has 0 aliphatic heterocycles. The van der Waals surface area contributed by atoms with Crippen molar-refractivity contribution < 1.29 is 0 Å². The lowest BCUT2D eigenvalue weighted by atomic mass is 10.0. The first kappa shape index (κ1) is 18.8. The smallest absolute Gasteiger partial charge is 0.0630 e. The van der Waals surface area contributed by atoms with Crippen molar-refractivity contribution in [2.75, 3.05) is 0 Å². The van der Waals surface area contributed by atoms with Crippen LogP contribution < -0.4 is 0 Å². The maximum Gasteiger partial charge on any atom is 0.0630 e. The van der Waals surface area contributed by atoms with E-state index in [2.05, 4.69) is 91.3 Å². The molecule has 3 rings (SSSR count). The second-order valence-corrected chi connectivity index (χ2v) is 6.82. The molecule has 0 amide bonds. The Morgan fingerprint density at radius 3 is 1.89 bits per heavy atom. The Kier molecular flexibility index (Phi) is 6.76. The minimum atomic E-state index is 0.970. The zero-order valence-corrected chi connectivity index (χ0v) is 16.1. The van der Waals surface area contributed by atoms with Crippen molar-refractivity contribution in [2.24, 2.45) is 4.99 Å². The number of hydrogen-bond acceptors (Lipinski definition) is 1. The molecule has 0 saturated heterocycles. The highest BCUT2D eigenvalue weighted by Crippen LogP contribution is 2.23. The largest absolute Gasteiger partial charge is 0.256 e. The maximum atomic E-state index is 4.60. The van der Waals surface area contributed by atoms with Crippen LogP contribution in [0.25, 0.3) is 11.1 Å². The van der Waals surface area contributed by atoms with Crippen molar-refractivity contribution in [2.45, 2.75) is 32.6 Å². The Balaban J connectivity index is 1.64. The average molecular weight is 354 g/mol. The van der Waals surface area contributed by atoms with E-state index in [0.29, 0.717) is 0 Å². The highest BCUT2D eigenvalue weighted by molar-refractivity contribution is 5.82.